The van der Waals surface area contributed by atoms with E-state index >= 15 is 0 Å². The van der Waals surface area contributed by atoms with Crippen LogP contribution in [0.1, 0.15) is 26.3 Å². The summed E-state index contributed by atoms with van der Waals surface area (Å²) in [6, 6.07) is 8.44. The molecule has 0 aliphatic heterocycles. The molecule has 0 aromatic heterocycles. The summed E-state index contributed by atoms with van der Waals surface area (Å²) in [5.74, 6) is -2.43. The predicted molar refractivity (Wildman–Crippen MR) is 95.7 cm³/mol. The van der Waals surface area contributed by atoms with Gasteiger partial charge in [0.2, 0.25) is 0 Å². The van der Waals surface area contributed by atoms with Crippen molar-refractivity contribution in [2.24, 2.45) is 0 Å². The van der Waals surface area contributed by atoms with Crippen molar-refractivity contribution in [1.29, 1.82) is 0 Å². The number of carbonyl (C=O) groups is 3. The highest BCUT2D eigenvalue weighted by Gasteiger charge is 2.19. The minimum atomic E-state index is -1.06. The third-order valence-electron chi connectivity index (χ3n) is 3.83. The fourth-order valence-electron chi connectivity index (χ4n) is 2.58. The lowest BCUT2D eigenvalue weighted by atomic mass is 9.92. The average Bonchev–Trinajstić information content (AvgIpc) is 2.60. The first kappa shape index (κ1) is 19.1. The Morgan fingerprint density at radius 3 is 2.38 bits per heavy atom. The summed E-state index contributed by atoms with van der Waals surface area (Å²) in [5.41, 5.74) is 1.64. The highest BCUT2D eigenvalue weighted by molar-refractivity contribution is 6.09. The standard InChI is InChI=1S/C20H18FNO4/c1-4-18(23)17-11-14(21)7-8-15(17)12-5-6-13(10-19(24)25)16(9-12)20(26)22(2)3/h4-9,11H,1,10H2,2-3H3,(H,24,25). The summed E-state index contributed by atoms with van der Waals surface area (Å²) in [7, 11) is 3.12. The van der Waals surface area contributed by atoms with E-state index in [2.05, 4.69) is 6.58 Å². The van der Waals surface area contributed by atoms with Gasteiger partial charge in [0.1, 0.15) is 5.82 Å². The van der Waals surface area contributed by atoms with Crippen molar-refractivity contribution in [3.63, 3.8) is 0 Å². The molecule has 0 saturated heterocycles. The van der Waals surface area contributed by atoms with Gasteiger partial charge in [0.05, 0.1) is 6.42 Å². The highest BCUT2D eigenvalue weighted by Crippen LogP contribution is 2.28. The Kier molecular flexibility index (Phi) is 5.67. The van der Waals surface area contributed by atoms with Crippen molar-refractivity contribution in [2.45, 2.75) is 6.42 Å². The van der Waals surface area contributed by atoms with E-state index in [0.29, 0.717) is 16.7 Å². The van der Waals surface area contributed by atoms with Crippen LogP contribution in [0.2, 0.25) is 0 Å². The number of carboxylic acid groups (broad SMARTS) is 1. The van der Waals surface area contributed by atoms with Crippen molar-refractivity contribution in [3.05, 3.63) is 71.6 Å². The van der Waals surface area contributed by atoms with Crippen LogP contribution in [-0.2, 0) is 11.2 Å². The molecule has 26 heavy (non-hydrogen) atoms. The minimum absolute atomic E-state index is 0.120. The van der Waals surface area contributed by atoms with E-state index in [1.807, 2.05) is 0 Å². The van der Waals surface area contributed by atoms with Gasteiger partial charge in [-0.2, -0.15) is 0 Å². The largest absolute Gasteiger partial charge is 0.481 e. The summed E-state index contributed by atoms with van der Waals surface area (Å²) in [4.78, 5) is 36.9. The molecular weight excluding hydrogens is 337 g/mol. The van der Waals surface area contributed by atoms with E-state index in [9.17, 15) is 18.8 Å². The maximum Gasteiger partial charge on any atom is 0.307 e. The van der Waals surface area contributed by atoms with Crippen molar-refractivity contribution in [2.75, 3.05) is 14.1 Å². The van der Waals surface area contributed by atoms with Gasteiger partial charge in [0, 0.05) is 25.2 Å². The molecule has 0 spiro atoms. The SMILES string of the molecule is C=CC(=O)c1cc(F)ccc1-c1ccc(CC(=O)O)c(C(=O)N(C)C)c1. The van der Waals surface area contributed by atoms with Gasteiger partial charge in [-0.3, -0.25) is 14.4 Å². The molecule has 1 N–H and O–H groups in total. The molecule has 5 nitrogen and oxygen atoms in total. The van der Waals surface area contributed by atoms with Gasteiger partial charge in [-0.05, 0) is 41.0 Å². The number of amides is 1. The number of allylic oxidation sites excluding steroid dienone is 1. The van der Waals surface area contributed by atoms with Gasteiger partial charge in [-0.25, -0.2) is 4.39 Å². The quantitative estimate of drug-likeness (QED) is 0.638. The summed E-state index contributed by atoms with van der Waals surface area (Å²) >= 11 is 0. The number of rotatable bonds is 6. The van der Waals surface area contributed by atoms with Crippen LogP contribution < -0.4 is 0 Å². The van der Waals surface area contributed by atoms with Gasteiger partial charge >= 0.3 is 5.97 Å². The molecule has 0 fully saturated rings. The van der Waals surface area contributed by atoms with Crippen molar-refractivity contribution in [3.8, 4) is 11.1 Å². The molecule has 0 unspecified atom stereocenters. The molecule has 0 aliphatic rings. The van der Waals surface area contributed by atoms with Crippen LogP contribution in [0.3, 0.4) is 0 Å². The molecule has 0 heterocycles. The third-order valence-corrected chi connectivity index (χ3v) is 3.83. The number of ketones is 1. The molecule has 1 amide bonds. The van der Waals surface area contributed by atoms with Crippen LogP contribution in [0.15, 0.2) is 49.1 Å². The molecule has 134 valence electrons. The van der Waals surface area contributed by atoms with Gasteiger partial charge in [-0.1, -0.05) is 24.8 Å². The molecule has 0 aliphatic carbocycles. The number of halogens is 1. The molecule has 0 saturated carbocycles. The number of hydrogen-bond donors (Lipinski definition) is 1. The van der Waals surface area contributed by atoms with E-state index in [0.717, 1.165) is 12.1 Å². The third kappa shape index (κ3) is 4.03. The van der Waals surface area contributed by atoms with Gasteiger partial charge in [-0.15, -0.1) is 0 Å². The van der Waals surface area contributed by atoms with E-state index < -0.39 is 17.6 Å². The lowest BCUT2D eigenvalue weighted by molar-refractivity contribution is -0.136. The van der Waals surface area contributed by atoms with Crippen LogP contribution in [0.25, 0.3) is 11.1 Å². The maximum absolute atomic E-state index is 13.6. The summed E-state index contributed by atoms with van der Waals surface area (Å²) in [6.07, 6.45) is 0.778. The Labute approximate surface area is 150 Å². The second-order valence-electron chi connectivity index (χ2n) is 5.90. The topological polar surface area (TPSA) is 74.7 Å². The normalized spacial score (nSPS) is 10.3. The molecule has 2 rings (SSSR count). The first-order chi connectivity index (χ1) is 12.2. The second-order valence-corrected chi connectivity index (χ2v) is 5.90. The Hall–Kier alpha value is -3.28. The fourth-order valence-corrected chi connectivity index (χ4v) is 2.58. The first-order valence-electron chi connectivity index (χ1n) is 7.77. The fraction of sp³-hybridized carbons (Fsp3) is 0.150. The number of nitrogens with zero attached hydrogens (tertiary/aromatic N) is 1. The van der Waals surface area contributed by atoms with Gasteiger partial charge in [0.25, 0.3) is 5.91 Å². The van der Waals surface area contributed by atoms with Crippen LogP contribution in [0, 0.1) is 5.82 Å². The van der Waals surface area contributed by atoms with Crippen LogP contribution in [0.5, 0.6) is 0 Å². The Morgan fingerprint density at radius 2 is 1.81 bits per heavy atom. The van der Waals surface area contributed by atoms with E-state index in [1.54, 1.807) is 20.2 Å². The zero-order valence-electron chi connectivity index (χ0n) is 14.5. The van der Waals surface area contributed by atoms with Crippen molar-refractivity contribution in [1.82, 2.24) is 4.90 Å². The van der Waals surface area contributed by atoms with E-state index in [4.69, 9.17) is 5.11 Å². The Morgan fingerprint density at radius 1 is 1.12 bits per heavy atom. The zero-order chi connectivity index (χ0) is 19.4. The lowest BCUT2D eigenvalue weighted by Gasteiger charge is -2.16. The smallest absolute Gasteiger partial charge is 0.307 e. The molecule has 0 radical (unpaired) electrons. The highest BCUT2D eigenvalue weighted by atomic mass is 19.1. The van der Waals surface area contributed by atoms with E-state index in [1.165, 1.54) is 29.2 Å². The second kappa shape index (κ2) is 7.74. The van der Waals surface area contributed by atoms with Gasteiger partial charge < -0.3 is 10.0 Å². The Bertz CT molecular complexity index is 903. The Balaban J connectivity index is 2.67. The molecule has 0 atom stereocenters. The van der Waals surface area contributed by atoms with Crippen molar-refractivity contribution >= 4 is 17.7 Å². The molecule has 2 aromatic carbocycles. The first-order valence-corrected chi connectivity index (χ1v) is 7.77. The lowest BCUT2D eigenvalue weighted by Crippen LogP contribution is -2.23. The van der Waals surface area contributed by atoms with Gasteiger partial charge in [0.15, 0.2) is 5.78 Å². The number of benzene rings is 2. The number of carbonyl (C=O) groups excluding carboxylic acids is 2. The summed E-state index contributed by atoms with van der Waals surface area (Å²) in [6.45, 7) is 3.42. The maximum atomic E-state index is 13.6. The summed E-state index contributed by atoms with van der Waals surface area (Å²) in [5, 5.41) is 9.06. The molecule has 0 bridgehead atoms. The molecule has 6 heteroatoms. The molecular formula is C20H18FNO4. The molecule has 2 aromatic rings. The number of aliphatic carboxylic acids is 1. The number of hydrogen-bond acceptors (Lipinski definition) is 3. The monoisotopic (exact) mass is 355 g/mol. The predicted octanol–water partition coefficient (Wildman–Crippen LogP) is 3.19. The van der Waals surface area contributed by atoms with Crippen LogP contribution >= 0.6 is 0 Å². The van der Waals surface area contributed by atoms with Crippen LogP contribution in [-0.4, -0.2) is 41.8 Å². The van der Waals surface area contributed by atoms with Crippen LogP contribution in [0.4, 0.5) is 4.39 Å². The zero-order valence-corrected chi connectivity index (χ0v) is 14.5. The number of carboxylic acids is 1. The minimum Gasteiger partial charge on any atom is -0.481 e. The average molecular weight is 355 g/mol. The van der Waals surface area contributed by atoms with E-state index in [-0.39, 0.29) is 23.5 Å². The van der Waals surface area contributed by atoms with Crippen molar-refractivity contribution < 1.29 is 23.9 Å². The summed E-state index contributed by atoms with van der Waals surface area (Å²) < 4.78 is 13.6.